The molecule has 5 heteroatoms. The average Bonchev–Trinajstić information content (AvgIpc) is 2.94. The Morgan fingerprint density at radius 2 is 2.22 bits per heavy atom. The van der Waals surface area contributed by atoms with Gasteiger partial charge in [0.15, 0.2) is 5.13 Å². The van der Waals surface area contributed by atoms with Gasteiger partial charge in [-0.25, -0.2) is 4.98 Å². The van der Waals surface area contributed by atoms with Crippen LogP contribution < -0.4 is 11.1 Å². The number of carbonyl (C=O) groups excluding carboxylic acids is 1. The van der Waals surface area contributed by atoms with Crippen molar-refractivity contribution in [1.82, 2.24) is 4.98 Å². The molecule has 1 aliphatic rings. The molecule has 1 heterocycles. The highest BCUT2D eigenvalue weighted by Gasteiger charge is 2.30. The van der Waals surface area contributed by atoms with Crippen LogP contribution in [0.25, 0.3) is 10.2 Å². The molecule has 3 rings (SSSR count). The van der Waals surface area contributed by atoms with E-state index in [1.54, 1.807) is 0 Å². The predicted octanol–water partition coefficient (Wildman–Crippen LogP) is 2.36. The molecule has 0 spiro atoms. The molecule has 4 nitrogen and oxygen atoms in total. The number of nitrogens with two attached hydrogens (primary N) is 1. The monoisotopic (exact) mass is 261 g/mol. The van der Waals surface area contributed by atoms with Crippen LogP contribution in [0.5, 0.6) is 0 Å². The molecule has 1 amide bonds. The zero-order valence-corrected chi connectivity index (χ0v) is 10.7. The second-order valence-electron chi connectivity index (χ2n) is 4.68. The molecule has 1 aromatic heterocycles. The van der Waals surface area contributed by atoms with E-state index in [0.717, 1.165) is 29.5 Å². The van der Waals surface area contributed by atoms with Gasteiger partial charge in [0, 0.05) is 6.04 Å². The van der Waals surface area contributed by atoms with E-state index in [9.17, 15) is 4.79 Å². The lowest BCUT2D eigenvalue weighted by atomic mass is 10.0. The fraction of sp³-hybridized carbons (Fsp3) is 0.385. The fourth-order valence-electron chi connectivity index (χ4n) is 2.44. The number of aromatic nitrogens is 1. The molecule has 1 fully saturated rings. The number of para-hydroxylation sites is 1. The highest BCUT2D eigenvalue weighted by molar-refractivity contribution is 7.22. The van der Waals surface area contributed by atoms with Gasteiger partial charge in [-0.2, -0.15) is 0 Å². The van der Waals surface area contributed by atoms with Gasteiger partial charge < -0.3 is 11.1 Å². The van der Waals surface area contributed by atoms with Crippen molar-refractivity contribution < 1.29 is 4.79 Å². The Morgan fingerprint density at radius 3 is 2.94 bits per heavy atom. The van der Waals surface area contributed by atoms with E-state index in [-0.39, 0.29) is 17.9 Å². The summed E-state index contributed by atoms with van der Waals surface area (Å²) < 4.78 is 1.09. The Hall–Kier alpha value is -1.46. The molecule has 2 unspecified atom stereocenters. The molecule has 0 aliphatic heterocycles. The first-order chi connectivity index (χ1) is 8.74. The van der Waals surface area contributed by atoms with Crippen LogP contribution in [0, 0.1) is 5.92 Å². The van der Waals surface area contributed by atoms with Gasteiger partial charge in [0.1, 0.15) is 0 Å². The lowest BCUT2D eigenvalue weighted by Gasteiger charge is -2.13. The normalized spacial score (nSPS) is 23.4. The third-order valence-electron chi connectivity index (χ3n) is 3.43. The van der Waals surface area contributed by atoms with Crippen molar-refractivity contribution in [1.29, 1.82) is 0 Å². The number of rotatable bonds is 2. The molecule has 3 N–H and O–H groups in total. The van der Waals surface area contributed by atoms with Crippen LogP contribution in [-0.2, 0) is 4.79 Å². The molecule has 18 heavy (non-hydrogen) atoms. The Morgan fingerprint density at radius 1 is 1.39 bits per heavy atom. The maximum absolute atomic E-state index is 12.1. The van der Waals surface area contributed by atoms with Crippen molar-refractivity contribution in [3.8, 4) is 0 Å². The van der Waals surface area contributed by atoms with Gasteiger partial charge in [-0.05, 0) is 25.0 Å². The molecular formula is C13H15N3OS. The van der Waals surface area contributed by atoms with E-state index in [1.165, 1.54) is 11.3 Å². The molecule has 0 saturated heterocycles. The number of fused-ring (bicyclic) bond motifs is 1. The summed E-state index contributed by atoms with van der Waals surface area (Å²) in [6.07, 6.45) is 2.87. The van der Waals surface area contributed by atoms with Crippen LogP contribution in [0.1, 0.15) is 19.3 Å². The molecule has 2 atom stereocenters. The van der Waals surface area contributed by atoms with Crippen molar-refractivity contribution in [2.45, 2.75) is 25.3 Å². The second kappa shape index (κ2) is 4.66. The van der Waals surface area contributed by atoms with Gasteiger partial charge >= 0.3 is 0 Å². The van der Waals surface area contributed by atoms with E-state index < -0.39 is 0 Å². The van der Waals surface area contributed by atoms with Crippen molar-refractivity contribution in [3.05, 3.63) is 24.3 Å². The Bertz CT molecular complexity index is 547. The third-order valence-corrected chi connectivity index (χ3v) is 4.38. The van der Waals surface area contributed by atoms with E-state index in [0.29, 0.717) is 5.13 Å². The second-order valence-corrected chi connectivity index (χ2v) is 5.71. The smallest absolute Gasteiger partial charge is 0.230 e. The number of carbonyl (C=O) groups is 1. The molecule has 1 aromatic carbocycles. The number of nitrogens with one attached hydrogen (secondary N) is 1. The Kier molecular flexibility index (Phi) is 3.01. The van der Waals surface area contributed by atoms with Crippen LogP contribution >= 0.6 is 11.3 Å². The van der Waals surface area contributed by atoms with Gasteiger partial charge in [0.05, 0.1) is 16.1 Å². The minimum Gasteiger partial charge on any atom is -0.327 e. The summed E-state index contributed by atoms with van der Waals surface area (Å²) in [6, 6.07) is 7.87. The molecule has 0 radical (unpaired) electrons. The maximum atomic E-state index is 12.1. The number of nitrogens with zero attached hydrogens (tertiary/aromatic N) is 1. The summed E-state index contributed by atoms with van der Waals surface area (Å²) in [4.78, 5) is 16.5. The summed E-state index contributed by atoms with van der Waals surface area (Å²) in [5.74, 6) is -0.0453. The molecule has 0 bridgehead atoms. The zero-order chi connectivity index (χ0) is 12.5. The van der Waals surface area contributed by atoms with E-state index in [4.69, 9.17) is 5.73 Å². The number of benzene rings is 1. The number of amides is 1. The van der Waals surface area contributed by atoms with Crippen molar-refractivity contribution in [2.24, 2.45) is 11.7 Å². The lowest BCUT2D eigenvalue weighted by Crippen LogP contribution is -2.34. The van der Waals surface area contributed by atoms with Gasteiger partial charge in [-0.1, -0.05) is 29.9 Å². The Labute approximate surface area is 109 Å². The van der Waals surface area contributed by atoms with E-state index >= 15 is 0 Å². The van der Waals surface area contributed by atoms with Crippen molar-refractivity contribution >= 4 is 32.6 Å². The minimum absolute atomic E-state index is 0.000576. The SMILES string of the molecule is NC1CCCC1C(=O)Nc1nc2ccccc2s1. The van der Waals surface area contributed by atoms with Crippen LogP contribution in [0.4, 0.5) is 5.13 Å². The van der Waals surface area contributed by atoms with Gasteiger partial charge in [0.2, 0.25) is 5.91 Å². The fourth-order valence-corrected chi connectivity index (χ4v) is 3.31. The standard InChI is InChI=1S/C13H15N3OS/c14-9-5-3-4-8(9)12(17)16-13-15-10-6-1-2-7-11(10)18-13/h1-2,6-9H,3-5,14H2,(H,15,16,17). The molecule has 94 valence electrons. The first-order valence-corrected chi connectivity index (χ1v) is 6.98. The first kappa shape index (κ1) is 11.6. The topological polar surface area (TPSA) is 68.0 Å². The molecule has 1 aliphatic carbocycles. The predicted molar refractivity (Wildman–Crippen MR) is 73.6 cm³/mol. The first-order valence-electron chi connectivity index (χ1n) is 6.16. The van der Waals surface area contributed by atoms with Crippen LogP contribution in [0.3, 0.4) is 0 Å². The summed E-state index contributed by atoms with van der Waals surface area (Å²) in [7, 11) is 0. The largest absolute Gasteiger partial charge is 0.327 e. The number of hydrogen-bond acceptors (Lipinski definition) is 4. The van der Waals surface area contributed by atoms with E-state index in [1.807, 2.05) is 24.3 Å². The zero-order valence-electron chi connectivity index (χ0n) is 9.93. The van der Waals surface area contributed by atoms with Crippen molar-refractivity contribution in [2.75, 3.05) is 5.32 Å². The number of anilines is 1. The number of hydrogen-bond donors (Lipinski definition) is 2. The highest BCUT2D eigenvalue weighted by Crippen LogP contribution is 2.28. The van der Waals surface area contributed by atoms with E-state index in [2.05, 4.69) is 10.3 Å². The van der Waals surface area contributed by atoms with Gasteiger partial charge in [-0.15, -0.1) is 0 Å². The van der Waals surface area contributed by atoms with Gasteiger partial charge in [0.25, 0.3) is 0 Å². The molecular weight excluding hydrogens is 246 g/mol. The average molecular weight is 261 g/mol. The maximum Gasteiger partial charge on any atom is 0.230 e. The number of thiazole rings is 1. The lowest BCUT2D eigenvalue weighted by molar-refractivity contribution is -0.120. The summed E-state index contributed by atoms with van der Waals surface area (Å²) in [6.45, 7) is 0. The summed E-state index contributed by atoms with van der Waals surface area (Å²) >= 11 is 1.50. The van der Waals surface area contributed by atoms with Crippen LogP contribution in [-0.4, -0.2) is 16.9 Å². The van der Waals surface area contributed by atoms with Crippen LogP contribution in [0.15, 0.2) is 24.3 Å². The van der Waals surface area contributed by atoms with Crippen molar-refractivity contribution in [3.63, 3.8) is 0 Å². The van der Waals surface area contributed by atoms with Gasteiger partial charge in [-0.3, -0.25) is 4.79 Å². The summed E-state index contributed by atoms with van der Waals surface area (Å²) in [5, 5.41) is 3.56. The Balaban J connectivity index is 1.77. The summed E-state index contributed by atoms with van der Waals surface area (Å²) in [5.41, 5.74) is 6.86. The molecule has 2 aromatic rings. The minimum atomic E-state index is -0.0583. The quantitative estimate of drug-likeness (QED) is 0.872. The molecule has 1 saturated carbocycles. The third kappa shape index (κ3) is 2.11. The highest BCUT2D eigenvalue weighted by atomic mass is 32.1. The van der Waals surface area contributed by atoms with Crippen LogP contribution in [0.2, 0.25) is 0 Å².